The number of hydrogen-bond acceptors (Lipinski definition) is 6. The maximum Gasteiger partial charge on any atom is 0.253 e. The second-order valence-corrected chi connectivity index (χ2v) is 12.1. The number of nitrogens with two attached hydrogens (primary N) is 1. The molecule has 0 radical (unpaired) electrons. The molecule has 0 aliphatic heterocycles. The lowest BCUT2D eigenvalue weighted by molar-refractivity contribution is -0.136. The normalized spacial score (nSPS) is 14.5. The number of primary amides is 1. The van der Waals surface area contributed by atoms with Gasteiger partial charge in [0.05, 0.1) is 18.1 Å². The molecule has 1 aromatic rings. The SMILES string of the molecule is CCCN(CCC)C(=O)c1cc(C(N)=O)cc(C(=O)N[C@@H](CC(C)C)[C@@H](O)[C@H](O)[C@H](C(=O)NCC(C)C)C(C)C)c1. The number of rotatable bonds is 17. The largest absolute Gasteiger partial charge is 0.390 e. The van der Waals surface area contributed by atoms with Crippen molar-refractivity contribution < 1.29 is 29.4 Å². The third kappa shape index (κ3) is 11.1. The average Bonchev–Trinajstić information content (AvgIpc) is 2.89. The molecular weight excluding hydrogens is 524 g/mol. The number of nitrogens with one attached hydrogen (secondary N) is 2. The van der Waals surface area contributed by atoms with Gasteiger partial charge in [-0.25, -0.2) is 0 Å². The van der Waals surface area contributed by atoms with Crippen LogP contribution in [0.3, 0.4) is 0 Å². The van der Waals surface area contributed by atoms with Crippen molar-refractivity contribution in [2.24, 2.45) is 29.4 Å². The van der Waals surface area contributed by atoms with Crippen LogP contribution < -0.4 is 16.4 Å². The molecule has 0 fully saturated rings. The molecule has 0 aliphatic rings. The summed E-state index contributed by atoms with van der Waals surface area (Å²) in [6.45, 7) is 16.7. The van der Waals surface area contributed by atoms with E-state index in [1.54, 1.807) is 18.7 Å². The summed E-state index contributed by atoms with van der Waals surface area (Å²) >= 11 is 0. The zero-order valence-corrected chi connectivity index (χ0v) is 26.1. The first-order chi connectivity index (χ1) is 19.1. The van der Waals surface area contributed by atoms with Gasteiger partial charge in [-0.2, -0.15) is 0 Å². The van der Waals surface area contributed by atoms with Gasteiger partial charge in [0.25, 0.3) is 11.8 Å². The van der Waals surface area contributed by atoms with Gasteiger partial charge in [0.15, 0.2) is 0 Å². The van der Waals surface area contributed by atoms with Crippen LogP contribution in [0, 0.1) is 23.7 Å². The van der Waals surface area contributed by atoms with E-state index in [1.807, 2.05) is 41.5 Å². The Bertz CT molecular complexity index is 1020. The van der Waals surface area contributed by atoms with E-state index < -0.39 is 36.0 Å². The summed E-state index contributed by atoms with van der Waals surface area (Å²) in [5, 5.41) is 28.0. The minimum atomic E-state index is -1.46. The molecule has 0 saturated heterocycles. The third-order valence-corrected chi connectivity index (χ3v) is 6.88. The van der Waals surface area contributed by atoms with Crippen molar-refractivity contribution in [1.29, 1.82) is 0 Å². The molecule has 1 aromatic carbocycles. The quantitative estimate of drug-likeness (QED) is 0.192. The lowest BCUT2D eigenvalue weighted by atomic mass is 9.83. The zero-order chi connectivity index (χ0) is 31.4. The van der Waals surface area contributed by atoms with Crippen molar-refractivity contribution >= 4 is 23.6 Å². The second-order valence-electron chi connectivity index (χ2n) is 12.1. The van der Waals surface area contributed by atoms with Gasteiger partial charge >= 0.3 is 0 Å². The van der Waals surface area contributed by atoms with Gasteiger partial charge in [0, 0.05) is 36.3 Å². The van der Waals surface area contributed by atoms with Gasteiger partial charge in [0.1, 0.15) is 6.10 Å². The molecule has 1 rings (SSSR count). The molecule has 0 unspecified atom stereocenters. The molecule has 0 heterocycles. The topological polar surface area (TPSA) is 162 Å². The van der Waals surface area contributed by atoms with E-state index in [-0.39, 0.29) is 46.3 Å². The average molecular weight is 577 g/mol. The molecular formula is C31H52N4O6. The zero-order valence-electron chi connectivity index (χ0n) is 26.1. The standard InChI is InChI=1S/C31H52N4O6/c1-9-11-35(12-10-2)31(41)23-15-21(28(32)38)14-22(16-23)29(39)34-24(13-18(3)4)26(36)27(37)25(20(7)8)30(40)33-17-19(5)6/h14-16,18-20,24-27,36-37H,9-13,17H2,1-8H3,(H2,32,38)(H,33,40)(H,34,39)/t24-,25+,26+,27+/m0/s1. The van der Waals surface area contributed by atoms with Crippen LogP contribution in [0.5, 0.6) is 0 Å². The highest BCUT2D eigenvalue weighted by Gasteiger charge is 2.38. The van der Waals surface area contributed by atoms with Crippen molar-refractivity contribution in [2.45, 2.75) is 92.9 Å². The molecule has 6 N–H and O–H groups in total. The van der Waals surface area contributed by atoms with Gasteiger partial charge in [-0.3, -0.25) is 19.2 Å². The number of hydrogen-bond donors (Lipinski definition) is 5. The van der Waals surface area contributed by atoms with E-state index in [4.69, 9.17) is 5.73 Å². The minimum absolute atomic E-state index is 0.0108. The maximum atomic E-state index is 13.5. The van der Waals surface area contributed by atoms with Crippen molar-refractivity contribution in [1.82, 2.24) is 15.5 Å². The Kier molecular flexibility index (Phi) is 15.0. The Morgan fingerprint density at radius 2 is 1.37 bits per heavy atom. The monoisotopic (exact) mass is 576 g/mol. The van der Waals surface area contributed by atoms with E-state index in [1.165, 1.54) is 18.2 Å². The molecule has 10 heteroatoms. The Balaban J connectivity index is 3.37. The first-order valence-corrected chi connectivity index (χ1v) is 14.8. The molecule has 4 amide bonds. The molecule has 232 valence electrons. The predicted octanol–water partition coefficient (Wildman–Crippen LogP) is 2.96. The van der Waals surface area contributed by atoms with Crippen LogP contribution in [0.1, 0.15) is 106 Å². The Morgan fingerprint density at radius 1 is 0.829 bits per heavy atom. The van der Waals surface area contributed by atoms with Crippen molar-refractivity contribution in [3.8, 4) is 0 Å². The molecule has 0 aromatic heterocycles. The van der Waals surface area contributed by atoms with Crippen molar-refractivity contribution in [3.63, 3.8) is 0 Å². The van der Waals surface area contributed by atoms with E-state index in [9.17, 15) is 29.4 Å². The predicted molar refractivity (Wildman–Crippen MR) is 160 cm³/mol. The second kappa shape index (κ2) is 17.1. The fourth-order valence-electron chi connectivity index (χ4n) is 4.83. The minimum Gasteiger partial charge on any atom is -0.390 e. The summed E-state index contributed by atoms with van der Waals surface area (Å²) in [5.74, 6) is -3.04. The summed E-state index contributed by atoms with van der Waals surface area (Å²) in [7, 11) is 0. The summed E-state index contributed by atoms with van der Waals surface area (Å²) in [5.41, 5.74) is 5.73. The molecule has 0 spiro atoms. The Morgan fingerprint density at radius 3 is 1.83 bits per heavy atom. The number of carbonyl (C=O) groups excluding carboxylic acids is 4. The van der Waals surface area contributed by atoms with Crippen LogP contribution >= 0.6 is 0 Å². The highest BCUT2D eigenvalue weighted by atomic mass is 16.3. The van der Waals surface area contributed by atoms with Crippen LogP contribution in [0.25, 0.3) is 0 Å². The molecule has 41 heavy (non-hydrogen) atoms. The van der Waals surface area contributed by atoms with Gasteiger partial charge in [-0.05, 0) is 55.2 Å². The van der Waals surface area contributed by atoms with E-state index in [2.05, 4.69) is 10.6 Å². The number of nitrogens with zero attached hydrogens (tertiary/aromatic N) is 1. The first-order valence-electron chi connectivity index (χ1n) is 14.8. The lowest BCUT2D eigenvalue weighted by Gasteiger charge is -2.34. The number of aliphatic hydroxyl groups excluding tert-OH is 2. The number of benzene rings is 1. The van der Waals surface area contributed by atoms with Crippen molar-refractivity contribution in [3.05, 3.63) is 34.9 Å². The summed E-state index contributed by atoms with van der Waals surface area (Å²) < 4.78 is 0. The maximum absolute atomic E-state index is 13.5. The highest BCUT2D eigenvalue weighted by molar-refractivity contribution is 6.04. The lowest BCUT2D eigenvalue weighted by Crippen LogP contribution is -2.54. The van der Waals surface area contributed by atoms with Gasteiger partial charge in [-0.1, -0.05) is 55.4 Å². The Hall–Kier alpha value is -2.98. The first kappa shape index (κ1) is 36.0. The van der Waals surface area contributed by atoms with E-state index in [0.29, 0.717) is 26.1 Å². The van der Waals surface area contributed by atoms with E-state index in [0.717, 1.165) is 12.8 Å². The van der Waals surface area contributed by atoms with Crippen LogP contribution in [-0.2, 0) is 4.79 Å². The summed E-state index contributed by atoms with van der Waals surface area (Å²) in [6, 6.07) is 3.19. The number of amides is 4. The summed E-state index contributed by atoms with van der Waals surface area (Å²) in [6.07, 6.45) is -1.10. The number of aliphatic hydroxyl groups is 2. The fourth-order valence-corrected chi connectivity index (χ4v) is 4.83. The van der Waals surface area contributed by atoms with Crippen LogP contribution in [0.15, 0.2) is 18.2 Å². The third-order valence-electron chi connectivity index (χ3n) is 6.88. The Labute approximate surface area is 245 Å². The molecule has 10 nitrogen and oxygen atoms in total. The van der Waals surface area contributed by atoms with Crippen LogP contribution in [0.2, 0.25) is 0 Å². The fraction of sp³-hybridized carbons (Fsp3) is 0.677. The smallest absolute Gasteiger partial charge is 0.253 e. The summed E-state index contributed by atoms with van der Waals surface area (Å²) in [4.78, 5) is 53.4. The van der Waals surface area contributed by atoms with E-state index >= 15 is 0 Å². The van der Waals surface area contributed by atoms with Crippen molar-refractivity contribution in [2.75, 3.05) is 19.6 Å². The van der Waals surface area contributed by atoms with Gasteiger partial charge < -0.3 is 31.5 Å². The highest BCUT2D eigenvalue weighted by Crippen LogP contribution is 2.23. The van der Waals surface area contributed by atoms with Crippen LogP contribution in [0.4, 0.5) is 0 Å². The molecule has 0 saturated carbocycles. The molecule has 0 bridgehead atoms. The molecule has 0 aliphatic carbocycles. The van der Waals surface area contributed by atoms with Gasteiger partial charge in [0.2, 0.25) is 11.8 Å². The van der Waals surface area contributed by atoms with Crippen LogP contribution in [-0.4, -0.2) is 76.6 Å². The molecule has 4 atom stereocenters. The van der Waals surface area contributed by atoms with Gasteiger partial charge in [-0.15, -0.1) is 0 Å². The number of carbonyl (C=O) groups is 4.